The second kappa shape index (κ2) is 6.21. The highest BCUT2D eigenvalue weighted by Gasteiger charge is 2.10. The first-order valence-corrected chi connectivity index (χ1v) is 6.58. The summed E-state index contributed by atoms with van der Waals surface area (Å²) in [6, 6.07) is 5.80. The molecule has 0 spiro atoms. The van der Waals surface area contributed by atoms with E-state index in [2.05, 4.69) is 10.4 Å². The summed E-state index contributed by atoms with van der Waals surface area (Å²) in [5.41, 5.74) is 3.28. The number of hydrogen-bond acceptors (Lipinski definition) is 3. The number of hydrogen-bond donors (Lipinski definition) is 2. The van der Waals surface area contributed by atoms with Crippen molar-refractivity contribution in [3.8, 4) is 0 Å². The van der Waals surface area contributed by atoms with E-state index in [1.165, 1.54) is 10.9 Å². The van der Waals surface area contributed by atoms with Gasteiger partial charge in [0.25, 0.3) is 5.91 Å². The number of amides is 1. The fourth-order valence-electron chi connectivity index (χ4n) is 2.06. The highest BCUT2D eigenvalue weighted by atomic mass is 16.4. The Bertz CT molecular complexity index is 656. The second-order valence-electron chi connectivity index (χ2n) is 4.97. The maximum absolute atomic E-state index is 12.1. The summed E-state index contributed by atoms with van der Waals surface area (Å²) in [4.78, 5) is 22.6. The molecule has 0 radical (unpaired) electrons. The van der Waals surface area contributed by atoms with Crippen LogP contribution in [0.25, 0.3) is 0 Å². The van der Waals surface area contributed by atoms with E-state index in [-0.39, 0.29) is 18.9 Å². The maximum Gasteiger partial charge on any atom is 0.305 e. The van der Waals surface area contributed by atoms with Gasteiger partial charge in [-0.3, -0.25) is 14.3 Å². The average Bonchev–Trinajstić information content (AvgIpc) is 2.83. The van der Waals surface area contributed by atoms with Gasteiger partial charge >= 0.3 is 5.97 Å². The number of aliphatic carboxylic acids is 1. The van der Waals surface area contributed by atoms with Crippen LogP contribution in [0.5, 0.6) is 0 Å². The number of aromatic nitrogens is 2. The van der Waals surface area contributed by atoms with E-state index in [4.69, 9.17) is 5.11 Å². The van der Waals surface area contributed by atoms with Crippen LogP contribution in [0.3, 0.4) is 0 Å². The lowest BCUT2D eigenvalue weighted by Gasteiger charge is -2.06. The first-order valence-electron chi connectivity index (χ1n) is 6.58. The Morgan fingerprint density at radius 3 is 2.52 bits per heavy atom. The number of nitrogens with zero attached hydrogens (tertiary/aromatic N) is 2. The molecule has 0 aliphatic carbocycles. The lowest BCUT2D eigenvalue weighted by atomic mass is 10.1. The minimum atomic E-state index is -0.897. The van der Waals surface area contributed by atoms with E-state index >= 15 is 0 Å². The lowest BCUT2D eigenvalue weighted by molar-refractivity contribution is -0.137. The number of benzene rings is 1. The van der Waals surface area contributed by atoms with Crippen LogP contribution in [0, 0.1) is 13.8 Å². The number of aryl methyl sites for hydroxylation is 3. The number of carboxylic acid groups (broad SMARTS) is 1. The van der Waals surface area contributed by atoms with Gasteiger partial charge < -0.3 is 10.4 Å². The van der Waals surface area contributed by atoms with Gasteiger partial charge in [0.05, 0.1) is 24.7 Å². The highest BCUT2D eigenvalue weighted by molar-refractivity contribution is 6.04. The molecular weight excluding hydrogens is 270 g/mol. The van der Waals surface area contributed by atoms with E-state index in [0.29, 0.717) is 5.56 Å². The van der Waals surface area contributed by atoms with Gasteiger partial charge in [-0.25, -0.2) is 0 Å². The number of nitrogens with one attached hydrogen (secondary N) is 1. The summed E-state index contributed by atoms with van der Waals surface area (Å²) < 4.78 is 1.45. The smallest absolute Gasteiger partial charge is 0.305 e. The van der Waals surface area contributed by atoms with Crippen molar-refractivity contribution in [1.82, 2.24) is 9.78 Å². The zero-order valence-electron chi connectivity index (χ0n) is 12.0. The topological polar surface area (TPSA) is 84.2 Å². The molecule has 6 heteroatoms. The summed E-state index contributed by atoms with van der Waals surface area (Å²) >= 11 is 0. The van der Waals surface area contributed by atoms with Crippen LogP contribution in [-0.2, 0) is 11.3 Å². The number of carbonyl (C=O) groups excluding carboxylic acids is 1. The van der Waals surface area contributed by atoms with Crippen LogP contribution >= 0.6 is 0 Å². The van der Waals surface area contributed by atoms with Gasteiger partial charge in [0.15, 0.2) is 0 Å². The second-order valence-corrected chi connectivity index (χ2v) is 4.97. The highest BCUT2D eigenvalue weighted by Crippen LogP contribution is 2.14. The van der Waals surface area contributed by atoms with Crippen LogP contribution in [0.2, 0.25) is 0 Å². The molecule has 2 aromatic rings. The van der Waals surface area contributed by atoms with E-state index < -0.39 is 5.97 Å². The molecule has 1 aromatic carbocycles. The molecule has 0 bridgehead atoms. The van der Waals surface area contributed by atoms with Gasteiger partial charge in [-0.1, -0.05) is 6.07 Å². The largest absolute Gasteiger partial charge is 0.481 e. The molecule has 0 saturated heterocycles. The molecule has 6 nitrogen and oxygen atoms in total. The minimum absolute atomic E-state index is 0.0280. The molecule has 1 amide bonds. The first-order chi connectivity index (χ1) is 9.94. The lowest BCUT2D eigenvalue weighted by Crippen LogP contribution is -2.11. The fraction of sp³-hybridized carbons (Fsp3) is 0.267. The van der Waals surface area contributed by atoms with Crippen LogP contribution in [-0.4, -0.2) is 26.8 Å². The van der Waals surface area contributed by atoms with Crippen molar-refractivity contribution in [3.63, 3.8) is 0 Å². The molecule has 0 unspecified atom stereocenters. The minimum Gasteiger partial charge on any atom is -0.481 e. The summed E-state index contributed by atoms with van der Waals surface area (Å²) in [6.45, 7) is 4.17. The van der Waals surface area contributed by atoms with E-state index in [1.807, 2.05) is 32.0 Å². The van der Waals surface area contributed by atoms with Crippen LogP contribution in [0.1, 0.15) is 27.9 Å². The van der Waals surface area contributed by atoms with Gasteiger partial charge in [0.2, 0.25) is 0 Å². The van der Waals surface area contributed by atoms with Gasteiger partial charge in [0.1, 0.15) is 0 Å². The molecule has 1 aromatic heterocycles. The van der Waals surface area contributed by atoms with Gasteiger partial charge in [0, 0.05) is 11.9 Å². The Kier molecular flexibility index (Phi) is 4.37. The van der Waals surface area contributed by atoms with Gasteiger partial charge in [-0.05, 0) is 37.1 Å². The zero-order valence-corrected chi connectivity index (χ0v) is 12.0. The number of carboxylic acids is 1. The Morgan fingerprint density at radius 1 is 1.24 bits per heavy atom. The number of anilines is 1. The molecular formula is C15H17N3O3. The summed E-state index contributed by atoms with van der Waals surface area (Å²) in [5.74, 6) is -1.16. The first kappa shape index (κ1) is 14.8. The molecule has 0 atom stereocenters. The van der Waals surface area contributed by atoms with E-state index in [0.717, 1.165) is 16.8 Å². The van der Waals surface area contributed by atoms with Crippen molar-refractivity contribution < 1.29 is 14.7 Å². The molecule has 0 aliphatic heterocycles. The van der Waals surface area contributed by atoms with Crippen LogP contribution < -0.4 is 5.32 Å². The van der Waals surface area contributed by atoms with Crippen molar-refractivity contribution >= 4 is 17.6 Å². The molecule has 0 fully saturated rings. The zero-order chi connectivity index (χ0) is 15.4. The Balaban J connectivity index is 2.04. The Hall–Kier alpha value is -2.63. The van der Waals surface area contributed by atoms with Crippen molar-refractivity contribution in [1.29, 1.82) is 0 Å². The average molecular weight is 287 g/mol. The quantitative estimate of drug-likeness (QED) is 0.883. The van der Waals surface area contributed by atoms with Gasteiger partial charge in [-0.2, -0.15) is 5.10 Å². The third-order valence-electron chi connectivity index (χ3n) is 2.93. The molecule has 0 saturated carbocycles. The summed E-state index contributed by atoms with van der Waals surface area (Å²) in [5, 5.41) is 15.4. The van der Waals surface area contributed by atoms with Crippen molar-refractivity contribution in [3.05, 3.63) is 47.3 Å². The SMILES string of the molecule is Cc1cc(C)cc(NC(=O)c2cnn(CCC(=O)O)c2)c1. The van der Waals surface area contributed by atoms with Crippen LogP contribution in [0.4, 0.5) is 5.69 Å². The predicted octanol–water partition coefficient (Wildman–Crippen LogP) is 2.23. The molecule has 21 heavy (non-hydrogen) atoms. The summed E-state index contributed by atoms with van der Waals surface area (Å²) in [6.07, 6.45) is 2.95. The van der Waals surface area contributed by atoms with Gasteiger partial charge in [-0.15, -0.1) is 0 Å². The Morgan fingerprint density at radius 2 is 1.90 bits per heavy atom. The molecule has 2 N–H and O–H groups in total. The number of carbonyl (C=O) groups is 2. The molecule has 110 valence electrons. The van der Waals surface area contributed by atoms with Crippen molar-refractivity contribution in [2.24, 2.45) is 0 Å². The normalized spacial score (nSPS) is 10.4. The van der Waals surface area contributed by atoms with E-state index in [9.17, 15) is 9.59 Å². The number of rotatable bonds is 5. The van der Waals surface area contributed by atoms with Crippen LogP contribution in [0.15, 0.2) is 30.6 Å². The van der Waals surface area contributed by atoms with Crippen molar-refractivity contribution in [2.75, 3.05) is 5.32 Å². The molecule has 1 heterocycles. The molecule has 2 rings (SSSR count). The third-order valence-corrected chi connectivity index (χ3v) is 2.93. The van der Waals surface area contributed by atoms with Crippen molar-refractivity contribution in [2.45, 2.75) is 26.8 Å². The molecule has 0 aliphatic rings. The Labute approximate surface area is 122 Å². The third kappa shape index (κ3) is 4.17. The van der Waals surface area contributed by atoms with E-state index in [1.54, 1.807) is 6.20 Å². The maximum atomic E-state index is 12.1. The monoisotopic (exact) mass is 287 g/mol. The fourth-order valence-corrected chi connectivity index (χ4v) is 2.06. The standard InChI is InChI=1S/C15H17N3O3/c1-10-5-11(2)7-13(6-10)17-15(21)12-8-16-18(9-12)4-3-14(19)20/h5-9H,3-4H2,1-2H3,(H,17,21)(H,19,20). The summed E-state index contributed by atoms with van der Waals surface area (Å²) in [7, 11) is 0. The predicted molar refractivity (Wildman–Crippen MR) is 78.3 cm³/mol.